The van der Waals surface area contributed by atoms with E-state index in [4.69, 9.17) is 0 Å². The van der Waals surface area contributed by atoms with E-state index < -0.39 is 24.5 Å². The number of rotatable bonds is 3. The van der Waals surface area contributed by atoms with Gasteiger partial charge in [0.25, 0.3) is 0 Å². The molecular formula is C5H6F3NO3. The highest BCUT2D eigenvalue weighted by Crippen LogP contribution is 2.13. The summed E-state index contributed by atoms with van der Waals surface area (Å²) in [6.45, 7) is 0.529. The summed E-state index contributed by atoms with van der Waals surface area (Å²) in [5.41, 5.74) is 1.07. The van der Waals surface area contributed by atoms with Crippen LogP contribution in [-0.2, 0) is 14.4 Å². The number of halogens is 3. The Hall–Kier alpha value is -1.11. The number of hydrogen-bond acceptors (Lipinski definition) is 3. The largest absolute Gasteiger partial charge is 0.473 e. The van der Waals surface area contributed by atoms with Crippen LogP contribution in [0.1, 0.15) is 6.92 Å². The Morgan fingerprint density at radius 3 is 2.25 bits per heavy atom. The first kappa shape index (κ1) is 10.9. The maximum atomic E-state index is 11.4. The molecule has 1 N–H and O–H groups in total. The number of alkyl halides is 3. The van der Waals surface area contributed by atoms with Gasteiger partial charge in [-0.15, -0.1) is 0 Å². The summed E-state index contributed by atoms with van der Waals surface area (Å²) in [4.78, 5) is 24.0. The molecule has 0 aromatic rings. The molecule has 0 aliphatic rings. The van der Waals surface area contributed by atoms with Crippen LogP contribution in [-0.4, -0.2) is 24.5 Å². The highest BCUT2D eigenvalue weighted by atomic mass is 19.4. The Morgan fingerprint density at radius 1 is 1.42 bits per heavy atom. The van der Waals surface area contributed by atoms with Crippen molar-refractivity contribution in [3.8, 4) is 0 Å². The Labute approximate surface area is 65.6 Å². The summed E-state index contributed by atoms with van der Waals surface area (Å²) in [7, 11) is 0. The van der Waals surface area contributed by atoms with Gasteiger partial charge in [-0.25, -0.2) is 5.48 Å². The van der Waals surface area contributed by atoms with E-state index in [2.05, 4.69) is 4.84 Å². The average Bonchev–Trinajstić information content (AvgIpc) is 1.84. The molecule has 12 heavy (non-hydrogen) atoms. The normalized spacial score (nSPS) is 11.0. The SMILES string of the molecule is CC(=O)CONC(=O)C(F)(F)F. The first-order chi connectivity index (χ1) is 5.34. The molecule has 0 bridgehead atoms. The van der Waals surface area contributed by atoms with E-state index in [1.165, 1.54) is 0 Å². The van der Waals surface area contributed by atoms with Gasteiger partial charge < -0.3 is 0 Å². The van der Waals surface area contributed by atoms with Crippen LogP contribution < -0.4 is 5.48 Å². The molecule has 7 heteroatoms. The summed E-state index contributed by atoms with van der Waals surface area (Å²) in [6, 6.07) is 0. The zero-order valence-electron chi connectivity index (χ0n) is 6.07. The molecule has 0 saturated heterocycles. The number of hydroxylamine groups is 1. The minimum Gasteiger partial charge on any atom is -0.297 e. The number of carbonyl (C=O) groups is 2. The second-order valence-corrected chi connectivity index (χ2v) is 1.92. The Morgan fingerprint density at radius 2 is 1.92 bits per heavy atom. The van der Waals surface area contributed by atoms with Crippen LogP contribution in [0.15, 0.2) is 0 Å². The molecule has 70 valence electrons. The van der Waals surface area contributed by atoms with Crippen LogP contribution in [0.3, 0.4) is 0 Å². The Balaban J connectivity index is 3.66. The molecule has 0 radical (unpaired) electrons. The number of amides is 1. The standard InChI is InChI=1S/C5H6F3NO3/c1-3(10)2-12-9-4(11)5(6,7)8/h2H2,1H3,(H,9,11). The minimum atomic E-state index is -4.99. The average molecular weight is 185 g/mol. The molecule has 0 rings (SSSR count). The van der Waals surface area contributed by atoms with Crippen molar-refractivity contribution in [3.05, 3.63) is 0 Å². The molecule has 0 aromatic carbocycles. The minimum absolute atomic E-state index is 0.488. The van der Waals surface area contributed by atoms with E-state index in [9.17, 15) is 22.8 Å². The van der Waals surface area contributed by atoms with Crippen LogP contribution in [0.25, 0.3) is 0 Å². The fourth-order valence-electron chi connectivity index (χ4n) is 0.261. The monoisotopic (exact) mass is 185 g/mol. The number of Topliss-reactive ketones (excluding diaryl/α,β-unsaturated/α-hetero) is 1. The predicted molar refractivity (Wildman–Crippen MR) is 30.8 cm³/mol. The third kappa shape index (κ3) is 4.67. The van der Waals surface area contributed by atoms with Crippen LogP contribution in [0.2, 0.25) is 0 Å². The van der Waals surface area contributed by atoms with Gasteiger partial charge in [-0.2, -0.15) is 13.2 Å². The van der Waals surface area contributed by atoms with E-state index in [-0.39, 0.29) is 0 Å². The molecule has 0 spiro atoms. The third-order valence-electron chi connectivity index (χ3n) is 0.698. The fraction of sp³-hybridized carbons (Fsp3) is 0.600. The van der Waals surface area contributed by atoms with Crippen LogP contribution >= 0.6 is 0 Å². The van der Waals surface area contributed by atoms with E-state index in [1.807, 2.05) is 0 Å². The zero-order chi connectivity index (χ0) is 9.78. The van der Waals surface area contributed by atoms with Crippen molar-refractivity contribution in [1.82, 2.24) is 5.48 Å². The van der Waals surface area contributed by atoms with Gasteiger partial charge in [0.2, 0.25) is 0 Å². The summed E-state index contributed by atoms with van der Waals surface area (Å²) >= 11 is 0. The molecule has 0 saturated carbocycles. The third-order valence-corrected chi connectivity index (χ3v) is 0.698. The number of carbonyl (C=O) groups excluding carboxylic acids is 2. The molecule has 0 heterocycles. The van der Waals surface area contributed by atoms with Crippen molar-refractivity contribution in [1.29, 1.82) is 0 Å². The molecule has 1 amide bonds. The second kappa shape index (κ2) is 4.05. The van der Waals surface area contributed by atoms with Crippen molar-refractivity contribution in [3.63, 3.8) is 0 Å². The van der Waals surface area contributed by atoms with Crippen LogP contribution in [0.5, 0.6) is 0 Å². The van der Waals surface area contributed by atoms with Crippen molar-refractivity contribution in [2.75, 3.05) is 6.61 Å². The van der Waals surface area contributed by atoms with E-state index >= 15 is 0 Å². The molecule has 0 atom stereocenters. The molecule has 4 nitrogen and oxygen atoms in total. The molecule has 0 aliphatic carbocycles. The van der Waals surface area contributed by atoms with Crippen molar-refractivity contribution in [2.45, 2.75) is 13.1 Å². The molecule has 0 unspecified atom stereocenters. The van der Waals surface area contributed by atoms with Gasteiger partial charge in [-0.3, -0.25) is 14.4 Å². The van der Waals surface area contributed by atoms with Gasteiger partial charge in [-0.1, -0.05) is 0 Å². The van der Waals surface area contributed by atoms with Gasteiger partial charge in [-0.05, 0) is 6.92 Å². The summed E-state index contributed by atoms with van der Waals surface area (Å²) in [5, 5.41) is 0. The lowest BCUT2D eigenvalue weighted by Crippen LogP contribution is -2.37. The summed E-state index contributed by atoms with van der Waals surface area (Å²) < 4.78 is 34.2. The number of hydrogen-bond donors (Lipinski definition) is 1. The predicted octanol–water partition coefficient (Wildman–Crippen LogP) is 0.185. The van der Waals surface area contributed by atoms with Crippen LogP contribution in [0, 0.1) is 0 Å². The highest BCUT2D eigenvalue weighted by Gasteiger charge is 2.39. The Bertz CT molecular complexity index is 189. The first-order valence-electron chi connectivity index (χ1n) is 2.82. The summed E-state index contributed by atoms with van der Waals surface area (Å²) in [5.74, 6) is -2.72. The second-order valence-electron chi connectivity index (χ2n) is 1.92. The van der Waals surface area contributed by atoms with E-state index in [1.54, 1.807) is 0 Å². The molecule has 0 fully saturated rings. The smallest absolute Gasteiger partial charge is 0.297 e. The van der Waals surface area contributed by atoms with Gasteiger partial charge >= 0.3 is 12.1 Å². The van der Waals surface area contributed by atoms with Gasteiger partial charge in [0.15, 0.2) is 5.78 Å². The lowest BCUT2D eigenvalue weighted by Gasteiger charge is -2.05. The summed E-state index contributed by atoms with van der Waals surface area (Å²) in [6.07, 6.45) is -4.99. The van der Waals surface area contributed by atoms with Crippen molar-refractivity contribution in [2.24, 2.45) is 0 Å². The van der Waals surface area contributed by atoms with Gasteiger partial charge in [0.05, 0.1) is 0 Å². The zero-order valence-corrected chi connectivity index (χ0v) is 6.07. The topological polar surface area (TPSA) is 55.4 Å². The fourth-order valence-corrected chi connectivity index (χ4v) is 0.261. The van der Waals surface area contributed by atoms with E-state index in [0.29, 0.717) is 0 Å². The van der Waals surface area contributed by atoms with Crippen LogP contribution in [0.4, 0.5) is 13.2 Å². The highest BCUT2D eigenvalue weighted by molar-refractivity contribution is 5.81. The van der Waals surface area contributed by atoms with Crippen molar-refractivity contribution < 1.29 is 27.6 Å². The first-order valence-corrected chi connectivity index (χ1v) is 2.82. The maximum absolute atomic E-state index is 11.4. The quantitative estimate of drug-likeness (QED) is 0.638. The van der Waals surface area contributed by atoms with Gasteiger partial charge in [0, 0.05) is 0 Å². The number of nitrogens with one attached hydrogen (secondary N) is 1. The maximum Gasteiger partial charge on any atom is 0.473 e. The van der Waals surface area contributed by atoms with Gasteiger partial charge in [0.1, 0.15) is 6.61 Å². The molecular weight excluding hydrogens is 179 g/mol. The van der Waals surface area contributed by atoms with E-state index in [0.717, 1.165) is 12.4 Å². The Kier molecular flexibility index (Phi) is 3.68. The van der Waals surface area contributed by atoms with Crippen molar-refractivity contribution >= 4 is 11.7 Å². The lowest BCUT2D eigenvalue weighted by atomic mass is 10.5. The molecule has 0 aliphatic heterocycles. The lowest BCUT2D eigenvalue weighted by molar-refractivity contribution is -0.186. The molecule has 0 aromatic heterocycles. The number of ketones is 1.